The zero-order valence-corrected chi connectivity index (χ0v) is 11.0. The van der Waals surface area contributed by atoms with Crippen molar-refractivity contribution in [2.75, 3.05) is 13.1 Å². The molecule has 1 unspecified atom stereocenters. The molecule has 2 N–H and O–H groups in total. The molecule has 1 rings (SSSR count). The molecule has 1 saturated carbocycles. The second-order valence-corrected chi connectivity index (χ2v) is 5.05. The van der Waals surface area contributed by atoms with E-state index in [1.807, 2.05) is 17.9 Å². The first kappa shape index (κ1) is 14.2. The molecule has 17 heavy (non-hydrogen) atoms. The lowest BCUT2D eigenvalue weighted by Gasteiger charge is -2.30. The van der Waals surface area contributed by atoms with E-state index in [0.717, 1.165) is 25.7 Å². The van der Waals surface area contributed by atoms with Gasteiger partial charge in [-0.15, -0.1) is 6.58 Å². The fraction of sp³-hybridized carbons (Fsp3) is 0.786. The number of carbonyl (C=O) groups is 1. The Morgan fingerprint density at radius 3 is 2.71 bits per heavy atom. The van der Waals surface area contributed by atoms with Gasteiger partial charge in [0.2, 0.25) is 5.91 Å². The van der Waals surface area contributed by atoms with E-state index in [1.54, 1.807) is 0 Å². The predicted octanol–water partition coefficient (Wildman–Crippen LogP) is 2.32. The molecule has 1 amide bonds. The Bertz CT molecular complexity index is 247. The summed E-state index contributed by atoms with van der Waals surface area (Å²) in [6.45, 7) is 7.14. The first-order valence-corrected chi connectivity index (χ1v) is 6.82. The maximum atomic E-state index is 12.4. The van der Waals surface area contributed by atoms with Crippen molar-refractivity contribution < 1.29 is 4.79 Å². The average molecular weight is 238 g/mol. The van der Waals surface area contributed by atoms with Gasteiger partial charge < -0.3 is 10.6 Å². The zero-order chi connectivity index (χ0) is 12.7. The topological polar surface area (TPSA) is 46.3 Å². The first-order chi connectivity index (χ1) is 8.20. The van der Waals surface area contributed by atoms with Crippen molar-refractivity contribution in [1.82, 2.24) is 4.90 Å². The number of nitrogens with zero attached hydrogens (tertiary/aromatic N) is 1. The quantitative estimate of drug-likeness (QED) is 0.692. The number of hydrogen-bond acceptors (Lipinski definition) is 2. The Morgan fingerprint density at radius 1 is 1.53 bits per heavy atom. The van der Waals surface area contributed by atoms with Crippen LogP contribution in [0.1, 0.15) is 45.4 Å². The van der Waals surface area contributed by atoms with Crippen molar-refractivity contribution in [3.63, 3.8) is 0 Å². The Hall–Kier alpha value is -0.830. The van der Waals surface area contributed by atoms with Crippen molar-refractivity contribution >= 4 is 5.91 Å². The van der Waals surface area contributed by atoms with E-state index in [2.05, 4.69) is 6.58 Å². The number of hydrogen-bond donors (Lipinski definition) is 1. The molecule has 0 aromatic rings. The third kappa shape index (κ3) is 4.15. The van der Waals surface area contributed by atoms with Crippen LogP contribution in [0.25, 0.3) is 0 Å². The fourth-order valence-corrected chi connectivity index (χ4v) is 2.60. The predicted molar refractivity (Wildman–Crippen MR) is 71.6 cm³/mol. The van der Waals surface area contributed by atoms with Crippen LogP contribution in [0.3, 0.4) is 0 Å². The van der Waals surface area contributed by atoms with E-state index in [0.29, 0.717) is 19.1 Å². The lowest BCUT2D eigenvalue weighted by atomic mass is 10.0. The maximum Gasteiger partial charge on any atom is 0.225 e. The Balaban J connectivity index is 2.55. The number of rotatable bonds is 7. The van der Waals surface area contributed by atoms with Gasteiger partial charge in [0.1, 0.15) is 0 Å². The average Bonchev–Trinajstić information content (AvgIpc) is 2.85. The Labute approximate surface area is 105 Å². The summed E-state index contributed by atoms with van der Waals surface area (Å²) in [6, 6.07) is 0.445. The summed E-state index contributed by atoms with van der Waals surface area (Å²) in [4.78, 5) is 14.4. The molecule has 1 aliphatic carbocycles. The summed E-state index contributed by atoms with van der Waals surface area (Å²) in [6.07, 6.45) is 8.49. The van der Waals surface area contributed by atoms with Gasteiger partial charge in [-0.05, 0) is 32.2 Å². The Kier molecular flexibility index (Phi) is 6.27. The highest BCUT2D eigenvalue weighted by molar-refractivity contribution is 5.79. The minimum Gasteiger partial charge on any atom is -0.336 e. The molecular formula is C14H26N2O. The normalized spacial score (nSPS) is 18.0. The molecule has 1 aliphatic rings. The standard InChI is InChI=1S/C14H26N2O/c1-3-11-16(13-8-4-5-9-13)14(17)12(2)7-6-10-15/h3,12-13H,1,4-11,15H2,2H3. The molecule has 3 nitrogen and oxygen atoms in total. The van der Waals surface area contributed by atoms with Crippen LogP contribution >= 0.6 is 0 Å². The molecule has 0 radical (unpaired) electrons. The summed E-state index contributed by atoms with van der Waals surface area (Å²) in [5.74, 6) is 0.379. The van der Waals surface area contributed by atoms with Gasteiger partial charge in [-0.1, -0.05) is 25.8 Å². The third-order valence-corrected chi connectivity index (χ3v) is 3.64. The van der Waals surface area contributed by atoms with Crippen molar-refractivity contribution in [1.29, 1.82) is 0 Å². The largest absolute Gasteiger partial charge is 0.336 e. The molecule has 0 aromatic heterocycles. The van der Waals surface area contributed by atoms with Crippen LogP contribution in [-0.4, -0.2) is 29.9 Å². The van der Waals surface area contributed by atoms with Crippen molar-refractivity contribution in [2.45, 2.75) is 51.5 Å². The van der Waals surface area contributed by atoms with Gasteiger partial charge in [-0.3, -0.25) is 4.79 Å². The van der Waals surface area contributed by atoms with Crippen LogP contribution in [0.4, 0.5) is 0 Å². The van der Waals surface area contributed by atoms with Gasteiger partial charge in [0.25, 0.3) is 0 Å². The molecular weight excluding hydrogens is 212 g/mol. The summed E-state index contributed by atoms with van der Waals surface area (Å²) >= 11 is 0. The first-order valence-electron chi connectivity index (χ1n) is 6.82. The number of nitrogens with two attached hydrogens (primary N) is 1. The maximum absolute atomic E-state index is 12.4. The summed E-state index contributed by atoms with van der Waals surface area (Å²) in [5.41, 5.74) is 5.49. The minimum atomic E-state index is 0.0964. The van der Waals surface area contributed by atoms with Crippen molar-refractivity contribution in [2.24, 2.45) is 11.7 Å². The van der Waals surface area contributed by atoms with Gasteiger partial charge in [0.05, 0.1) is 0 Å². The van der Waals surface area contributed by atoms with E-state index in [4.69, 9.17) is 5.73 Å². The SMILES string of the molecule is C=CCN(C(=O)C(C)CCCN)C1CCCC1. The molecule has 98 valence electrons. The third-order valence-electron chi connectivity index (χ3n) is 3.64. The summed E-state index contributed by atoms with van der Waals surface area (Å²) in [7, 11) is 0. The summed E-state index contributed by atoms with van der Waals surface area (Å²) < 4.78 is 0. The van der Waals surface area contributed by atoms with Gasteiger partial charge in [0, 0.05) is 18.5 Å². The van der Waals surface area contributed by atoms with Crippen molar-refractivity contribution in [3.8, 4) is 0 Å². The van der Waals surface area contributed by atoms with Gasteiger partial charge in [-0.2, -0.15) is 0 Å². The summed E-state index contributed by atoms with van der Waals surface area (Å²) in [5, 5.41) is 0. The van der Waals surface area contributed by atoms with Gasteiger partial charge in [-0.25, -0.2) is 0 Å². The zero-order valence-electron chi connectivity index (χ0n) is 11.0. The molecule has 3 heteroatoms. The van der Waals surface area contributed by atoms with E-state index >= 15 is 0 Å². The minimum absolute atomic E-state index is 0.0964. The molecule has 0 aliphatic heterocycles. The van der Waals surface area contributed by atoms with Crippen LogP contribution in [0.5, 0.6) is 0 Å². The molecule has 1 fully saturated rings. The van der Waals surface area contributed by atoms with Crippen molar-refractivity contribution in [3.05, 3.63) is 12.7 Å². The van der Waals surface area contributed by atoms with E-state index in [-0.39, 0.29) is 11.8 Å². The Morgan fingerprint density at radius 2 is 2.18 bits per heavy atom. The molecule has 0 saturated heterocycles. The van der Waals surface area contributed by atoms with Crippen LogP contribution < -0.4 is 5.73 Å². The molecule has 0 aromatic carbocycles. The molecule has 0 heterocycles. The van der Waals surface area contributed by atoms with Crippen LogP contribution in [0.2, 0.25) is 0 Å². The fourth-order valence-electron chi connectivity index (χ4n) is 2.60. The van der Waals surface area contributed by atoms with Gasteiger partial charge >= 0.3 is 0 Å². The van der Waals surface area contributed by atoms with E-state index < -0.39 is 0 Å². The highest BCUT2D eigenvalue weighted by Crippen LogP contribution is 2.25. The van der Waals surface area contributed by atoms with E-state index in [1.165, 1.54) is 12.8 Å². The van der Waals surface area contributed by atoms with Crippen LogP contribution in [0, 0.1) is 5.92 Å². The number of amides is 1. The lowest BCUT2D eigenvalue weighted by Crippen LogP contribution is -2.42. The highest BCUT2D eigenvalue weighted by atomic mass is 16.2. The van der Waals surface area contributed by atoms with Crippen LogP contribution in [0.15, 0.2) is 12.7 Å². The molecule has 0 spiro atoms. The second-order valence-electron chi connectivity index (χ2n) is 5.05. The molecule has 0 bridgehead atoms. The van der Waals surface area contributed by atoms with Crippen LogP contribution in [-0.2, 0) is 4.79 Å². The van der Waals surface area contributed by atoms with Gasteiger partial charge in [0.15, 0.2) is 0 Å². The van der Waals surface area contributed by atoms with E-state index in [9.17, 15) is 4.79 Å². The lowest BCUT2D eigenvalue weighted by molar-refractivity contribution is -0.136. The highest BCUT2D eigenvalue weighted by Gasteiger charge is 2.28. The smallest absolute Gasteiger partial charge is 0.225 e. The monoisotopic (exact) mass is 238 g/mol. The molecule has 1 atom stereocenters. The number of carbonyl (C=O) groups excluding carboxylic acids is 1. The second kappa shape index (κ2) is 7.49.